The average Bonchev–Trinajstić information content (AvgIpc) is 2.79. The Morgan fingerprint density at radius 2 is 2.10 bits per heavy atom. The van der Waals surface area contributed by atoms with E-state index >= 15 is 0 Å². The number of carboxylic acids is 1. The Balaban J connectivity index is 2.26. The third-order valence-electron chi connectivity index (χ3n) is 3.18. The maximum atomic E-state index is 12.2. The smallest absolute Gasteiger partial charge is 0.335 e. The molecular formula is C13H15N3O4. The number of aromatic carboxylic acids is 1. The highest BCUT2D eigenvalue weighted by atomic mass is 16.4. The number of anilines is 1. The van der Waals surface area contributed by atoms with Gasteiger partial charge in [-0.25, -0.2) is 9.59 Å². The van der Waals surface area contributed by atoms with Crippen molar-refractivity contribution in [1.82, 2.24) is 4.90 Å². The van der Waals surface area contributed by atoms with Crippen LogP contribution in [0.5, 0.6) is 0 Å². The number of benzene rings is 1. The van der Waals surface area contributed by atoms with Gasteiger partial charge in [0.05, 0.1) is 5.56 Å². The van der Waals surface area contributed by atoms with Gasteiger partial charge in [0, 0.05) is 19.3 Å². The van der Waals surface area contributed by atoms with Gasteiger partial charge in [-0.15, -0.1) is 0 Å². The van der Waals surface area contributed by atoms with Crippen molar-refractivity contribution in [1.29, 1.82) is 0 Å². The number of primary amides is 1. The fourth-order valence-electron chi connectivity index (χ4n) is 2.22. The van der Waals surface area contributed by atoms with Gasteiger partial charge in [-0.1, -0.05) is 6.07 Å². The normalized spacial score (nSPS) is 12.9. The van der Waals surface area contributed by atoms with Gasteiger partial charge in [-0.2, -0.15) is 0 Å². The third kappa shape index (κ3) is 2.56. The predicted molar refractivity (Wildman–Crippen MR) is 71.7 cm³/mol. The largest absolute Gasteiger partial charge is 0.478 e. The Morgan fingerprint density at radius 3 is 2.70 bits per heavy atom. The number of fused-ring (bicyclic) bond motifs is 1. The molecule has 3 N–H and O–H groups in total. The molecule has 0 atom stereocenters. The van der Waals surface area contributed by atoms with E-state index in [9.17, 15) is 14.4 Å². The van der Waals surface area contributed by atoms with Crippen LogP contribution in [0.15, 0.2) is 18.2 Å². The summed E-state index contributed by atoms with van der Waals surface area (Å²) in [5.74, 6) is -1.64. The summed E-state index contributed by atoms with van der Waals surface area (Å²) >= 11 is 0. The first-order valence-electron chi connectivity index (χ1n) is 6.07. The molecular weight excluding hydrogens is 262 g/mol. The van der Waals surface area contributed by atoms with Crippen molar-refractivity contribution < 1.29 is 19.5 Å². The summed E-state index contributed by atoms with van der Waals surface area (Å²) in [6, 6.07) is 4.33. The first-order chi connectivity index (χ1) is 9.40. The molecule has 1 heterocycles. The Bertz CT molecular complexity index is 585. The molecule has 0 radical (unpaired) electrons. The lowest BCUT2D eigenvalue weighted by atomic mass is 10.1. The van der Waals surface area contributed by atoms with Crippen LogP contribution in [0, 0.1) is 0 Å². The zero-order valence-corrected chi connectivity index (χ0v) is 11.0. The van der Waals surface area contributed by atoms with Crippen LogP contribution in [0.25, 0.3) is 0 Å². The van der Waals surface area contributed by atoms with Crippen LogP contribution in [0.2, 0.25) is 0 Å². The Kier molecular flexibility index (Phi) is 3.60. The Hall–Kier alpha value is -2.57. The summed E-state index contributed by atoms with van der Waals surface area (Å²) < 4.78 is 0. The number of likely N-dealkylation sites (N-methyl/N-ethyl adjacent to an activating group) is 1. The number of hydrogen-bond acceptors (Lipinski definition) is 3. The molecule has 0 saturated carbocycles. The van der Waals surface area contributed by atoms with Crippen molar-refractivity contribution in [3.8, 4) is 0 Å². The van der Waals surface area contributed by atoms with Gasteiger partial charge in [-0.05, 0) is 24.1 Å². The van der Waals surface area contributed by atoms with E-state index in [4.69, 9.17) is 10.8 Å². The molecule has 106 valence electrons. The zero-order valence-electron chi connectivity index (χ0n) is 11.0. The topological polar surface area (TPSA) is 104 Å². The number of carbonyl (C=O) groups is 3. The lowest BCUT2D eigenvalue weighted by Crippen LogP contribution is -2.44. The molecule has 0 fully saturated rings. The lowest BCUT2D eigenvalue weighted by Gasteiger charge is -2.24. The Morgan fingerprint density at radius 1 is 1.40 bits per heavy atom. The zero-order chi connectivity index (χ0) is 14.9. The Labute approximate surface area is 115 Å². The van der Waals surface area contributed by atoms with Crippen molar-refractivity contribution in [2.24, 2.45) is 5.73 Å². The molecule has 2 rings (SSSR count). The van der Waals surface area contributed by atoms with E-state index in [0.717, 1.165) is 5.56 Å². The van der Waals surface area contributed by atoms with Gasteiger partial charge in [0.15, 0.2) is 0 Å². The van der Waals surface area contributed by atoms with E-state index in [1.807, 2.05) is 0 Å². The van der Waals surface area contributed by atoms with Crippen LogP contribution >= 0.6 is 0 Å². The number of amides is 3. The van der Waals surface area contributed by atoms with E-state index in [0.29, 0.717) is 18.7 Å². The number of rotatable bonds is 3. The number of nitrogens with two attached hydrogens (primary N) is 1. The van der Waals surface area contributed by atoms with Gasteiger partial charge >= 0.3 is 12.0 Å². The maximum absolute atomic E-state index is 12.2. The van der Waals surface area contributed by atoms with Gasteiger partial charge in [0.25, 0.3) is 0 Å². The minimum Gasteiger partial charge on any atom is -0.478 e. The van der Waals surface area contributed by atoms with Gasteiger partial charge in [-0.3, -0.25) is 9.69 Å². The molecule has 0 aliphatic carbocycles. The number of nitrogens with zero attached hydrogens (tertiary/aromatic N) is 2. The summed E-state index contributed by atoms with van der Waals surface area (Å²) in [5, 5.41) is 8.99. The van der Waals surface area contributed by atoms with Gasteiger partial charge in [0.1, 0.15) is 6.54 Å². The van der Waals surface area contributed by atoms with Crippen molar-refractivity contribution in [3.63, 3.8) is 0 Å². The van der Waals surface area contributed by atoms with Crippen LogP contribution in [0.1, 0.15) is 15.9 Å². The highest BCUT2D eigenvalue weighted by molar-refractivity contribution is 5.98. The fourth-order valence-corrected chi connectivity index (χ4v) is 2.22. The summed E-state index contributed by atoms with van der Waals surface area (Å²) in [7, 11) is 1.48. The van der Waals surface area contributed by atoms with Gasteiger partial charge < -0.3 is 15.7 Å². The number of carboxylic acid groups (broad SMARTS) is 1. The molecule has 0 saturated heterocycles. The van der Waals surface area contributed by atoms with Crippen molar-refractivity contribution in [2.45, 2.75) is 6.42 Å². The van der Waals surface area contributed by atoms with Crippen LogP contribution in [0.4, 0.5) is 10.5 Å². The molecule has 1 aromatic rings. The standard InChI is InChI=1S/C13H15N3O4/c1-15(7-11(14)17)13(20)16-5-4-8-2-3-9(12(18)19)6-10(8)16/h2-3,6H,4-5,7H2,1H3,(H2,14,17)(H,18,19). The maximum Gasteiger partial charge on any atom is 0.335 e. The molecule has 1 aliphatic heterocycles. The molecule has 20 heavy (non-hydrogen) atoms. The molecule has 0 unspecified atom stereocenters. The van der Waals surface area contributed by atoms with Crippen molar-refractivity contribution in [3.05, 3.63) is 29.3 Å². The van der Waals surface area contributed by atoms with Crippen molar-refractivity contribution in [2.75, 3.05) is 25.0 Å². The molecule has 1 aliphatic rings. The fraction of sp³-hybridized carbons (Fsp3) is 0.308. The average molecular weight is 277 g/mol. The van der Waals surface area contributed by atoms with E-state index in [2.05, 4.69) is 0 Å². The summed E-state index contributed by atoms with van der Waals surface area (Å²) in [5.41, 5.74) is 6.67. The third-order valence-corrected chi connectivity index (χ3v) is 3.18. The molecule has 7 heteroatoms. The molecule has 0 spiro atoms. The summed E-state index contributed by atoms with van der Waals surface area (Å²) in [4.78, 5) is 36.7. The van der Waals surface area contributed by atoms with Crippen LogP contribution in [-0.4, -0.2) is 48.1 Å². The minimum absolute atomic E-state index is 0.126. The highest BCUT2D eigenvalue weighted by Gasteiger charge is 2.28. The molecule has 7 nitrogen and oxygen atoms in total. The molecule has 3 amide bonds. The van der Waals surface area contributed by atoms with E-state index in [1.54, 1.807) is 6.07 Å². The first kappa shape index (κ1) is 13.9. The number of carbonyl (C=O) groups excluding carboxylic acids is 2. The monoisotopic (exact) mass is 277 g/mol. The summed E-state index contributed by atoms with van der Waals surface area (Å²) in [6.07, 6.45) is 0.658. The van der Waals surface area contributed by atoms with E-state index < -0.39 is 11.9 Å². The molecule has 0 bridgehead atoms. The highest BCUT2D eigenvalue weighted by Crippen LogP contribution is 2.29. The number of urea groups is 1. The number of hydrogen-bond donors (Lipinski definition) is 2. The molecule has 0 aromatic heterocycles. The van der Waals surface area contributed by atoms with Crippen LogP contribution < -0.4 is 10.6 Å². The molecule has 1 aromatic carbocycles. The quantitative estimate of drug-likeness (QED) is 0.828. The van der Waals surface area contributed by atoms with Crippen LogP contribution in [-0.2, 0) is 11.2 Å². The summed E-state index contributed by atoms with van der Waals surface area (Å²) in [6.45, 7) is 0.281. The first-order valence-corrected chi connectivity index (χ1v) is 6.07. The second kappa shape index (κ2) is 5.20. The van der Waals surface area contributed by atoms with Crippen molar-refractivity contribution >= 4 is 23.6 Å². The minimum atomic E-state index is -1.04. The predicted octanol–water partition coefficient (Wildman–Crippen LogP) is 0.284. The van der Waals surface area contributed by atoms with E-state index in [-0.39, 0.29) is 18.1 Å². The van der Waals surface area contributed by atoms with E-state index in [1.165, 1.54) is 29.0 Å². The van der Waals surface area contributed by atoms with Gasteiger partial charge in [0.2, 0.25) is 5.91 Å². The lowest BCUT2D eigenvalue weighted by molar-refractivity contribution is -0.118. The van der Waals surface area contributed by atoms with Crippen LogP contribution in [0.3, 0.4) is 0 Å². The SMILES string of the molecule is CN(CC(N)=O)C(=O)N1CCc2ccc(C(=O)O)cc21. The second-order valence-corrected chi connectivity index (χ2v) is 4.66. The second-order valence-electron chi connectivity index (χ2n) is 4.66.